The highest BCUT2D eigenvalue weighted by molar-refractivity contribution is 8.00. The average Bonchev–Trinajstić information content (AvgIpc) is 3.16. The maximum absolute atomic E-state index is 14.5. The number of halogens is 3. The zero-order valence-electron chi connectivity index (χ0n) is 20.2. The fourth-order valence-corrected chi connectivity index (χ4v) is 4.39. The molecular weight excluding hydrogens is 481 g/mol. The molecule has 0 unspecified atom stereocenters. The van der Waals surface area contributed by atoms with E-state index in [4.69, 9.17) is 0 Å². The predicted octanol–water partition coefficient (Wildman–Crippen LogP) is 4.69. The minimum atomic E-state index is -3.06. The van der Waals surface area contributed by atoms with Crippen LogP contribution in [0.15, 0.2) is 30.5 Å². The third kappa shape index (κ3) is 6.14. The number of hydrogen-bond acceptors (Lipinski definition) is 7. The Labute approximate surface area is 206 Å². The molecule has 3 aromatic rings. The first kappa shape index (κ1) is 27.0. The highest BCUT2D eigenvalue weighted by Crippen LogP contribution is 2.35. The molecule has 2 N–H and O–H groups in total. The van der Waals surface area contributed by atoms with Crippen LogP contribution in [0.5, 0.6) is 5.75 Å². The molecule has 0 aliphatic carbocycles. The Bertz CT molecular complexity index is 1190. The van der Waals surface area contributed by atoms with Gasteiger partial charge in [-0.05, 0) is 59.0 Å². The lowest BCUT2D eigenvalue weighted by Crippen LogP contribution is -2.51. The summed E-state index contributed by atoms with van der Waals surface area (Å²) in [4.78, 5) is 15.3. The third-order valence-corrected chi connectivity index (χ3v) is 7.64. The van der Waals surface area contributed by atoms with Crippen molar-refractivity contribution in [2.24, 2.45) is 0 Å². The Morgan fingerprint density at radius 1 is 1.31 bits per heavy atom. The fraction of sp³-hybridized carbons (Fsp3) is 0.458. The smallest absolute Gasteiger partial charge is 0.387 e. The summed E-state index contributed by atoms with van der Waals surface area (Å²) in [6, 6.07) is 4.15. The van der Waals surface area contributed by atoms with E-state index >= 15 is 0 Å². The van der Waals surface area contributed by atoms with Gasteiger partial charge in [-0.2, -0.15) is 25.6 Å². The third-order valence-electron chi connectivity index (χ3n) is 5.96. The van der Waals surface area contributed by atoms with Gasteiger partial charge in [-0.3, -0.25) is 14.5 Å². The summed E-state index contributed by atoms with van der Waals surface area (Å²) in [6.45, 7) is 4.06. The first-order chi connectivity index (χ1) is 16.4. The molecule has 2 aromatic heterocycles. The van der Waals surface area contributed by atoms with Gasteiger partial charge in [-0.15, -0.1) is 0 Å². The predicted molar refractivity (Wildman–Crippen MR) is 131 cm³/mol. The van der Waals surface area contributed by atoms with Gasteiger partial charge in [0.05, 0.1) is 17.2 Å². The van der Waals surface area contributed by atoms with E-state index in [1.165, 1.54) is 28.5 Å². The number of pyridine rings is 1. The lowest BCUT2D eigenvalue weighted by atomic mass is 10.0. The Kier molecular flexibility index (Phi) is 8.13. The molecule has 4 rings (SSSR count). The lowest BCUT2D eigenvalue weighted by molar-refractivity contribution is -0.0498. The molecule has 7 nitrogen and oxygen atoms in total. The summed E-state index contributed by atoms with van der Waals surface area (Å²) in [5, 5.41) is 18.0. The minimum Gasteiger partial charge on any atom is -0.435 e. The Morgan fingerprint density at radius 3 is 2.49 bits per heavy atom. The number of aromatic nitrogens is 3. The number of alkyl halides is 2. The molecule has 35 heavy (non-hydrogen) atoms. The number of carbonyl (C=O) groups is 1. The molecule has 3 heterocycles. The van der Waals surface area contributed by atoms with E-state index in [0.29, 0.717) is 17.3 Å². The van der Waals surface area contributed by atoms with Crippen LogP contribution in [0.3, 0.4) is 0 Å². The molecule has 1 fully saturated rings. The normalized spacial score (nSPS) is 15.8. The van der Waals surface area contributed by atoms with Gasteiger partial charge in [0.15, 0.2) is 6.29 Å². The summed E-state index contributed by atoms with van der Waals surface area (Å²) in [5.41, 5.74) is 0.219. The summed E-state index contributed by atoms with van der Waals surface area (Å²) in [5.74, 6) is 1.63. The molecule has 1 aromatic carbocycles. The van der Waals surface area contributed by atoms with Crippen LogP contribution in [0.1, 0.15) is 44.1 Å². The number of hydrogen-bond donors (Lipinski definition) is 2. The molecule has 1 aliphatic heterocycles. The van der Waals surface area contributed by atoms with E-state index in [1.807, 2.05) is 18.8 Å². The first-order valence-electron chi connectivity index (χ1n) is 11.0. The van der Waals surface area contributed by atoms with Crippen LogP contribution in [-0.4, -0.2) is 62.5 Å². The SMILES string of the molecule is CNC1(C)CSC1.C[C@H](n1nc(-c2cc(OC(F)F)ccc2F)c2ncc(C=O)cc21)C(C)(C)O. The highest BCUT2D eigenvalue weighted by Gasteiger charge is 2.30. The largest absolute Gasteiger partial charge is 0.435 e. The zero-order valence-corrected chi connectivity index (χ0v) is 21.0. The first-order valence-corrected chi connectivity index (χ1v) is 12.1. The van der Waals surface area contributed by atoms with Crippen LogP contribution in [0, 0.1) is 5.82 Å². The summed E-state index contributed by atoms with van der Waals surface area (Å²) in [6.07, 6.45) is 1.91. The van der Waals surface area contributed by atoms with Crippen molar-refractivity contribution in [3.05, 3.63) is 41.8 Å². The second-order valence-electron chi connectivity index (χ2n) is 9.20. The van der Waals surface area contributed by atoms with Crippen LogP contribution >= 0.6 is 11.8 Å². The number of nitrogens with one attached hydrogen (secondary N) is 1. The maximum atomic E-state index is 14.5. The van der Waals surface area contributed by atoms with Crippen molar-refractivity contribution in [2.45, 2.75) is 51.5 Å². The van der Waals surface area contributed by atoms with Gasteiger partial charge in [-0.25, -0.2) is 4.39 Å². The van der Waals surface area contributed by atoms with Crippen molar-refractivity contribution in [3.63, 3.8) is 0 Å². The number of rotatable bonds is 7. The van der Waals surface area contributed by atoms with Crippen molar-refractivity contribution >= 4 is 29.1 Å². The van der Waals surface area contributed by atoms with Crippen molar-refractivity contribution in [1.29, 1.82) is 0 Å². The van der Waals surface area contributed by atoms with E-state index in [0.717, 1.165) is 18.2 Å². The van der Waals surface area contributed by atoms with Gasteiger partial charge >= 0.3 is 6.61 Å². The van der Waals surface area contributed by atoms with Crippen molar-refractivity contribution in [1.82, 2.24) is 20.1 Å². The number of nitrogens with zero attached hydrogens (tertiary/aromatic N) is 3. The Morgan fingerprint density at radius 2 is 2.00 bits per heavy atom. The second-order valence-corrected chi connectivity index (χ2v) is 10.2. The quantitative estimate of drug-likeness (QED) is 0.446. The average molecular weight is 511 g/mol. The van der Waals surface area contributed by atoms with Crippen molar-refractivity contribution in [2.75, 3.05) is 18.6 Å². The molecule has 0 spiro atoms. The fourth-order valence-electron chi connectivity index (χ4n) is 3.29. The highest BCUT2D eigenvalue weighted by atomic mass is 32.2. The van der Waals surface area contributed by atoms with Gasteiger partial charge in [0.2, 0.25) is 0 Å². The van der Waals surface area contributed by atoms with E-state index in [1.54, 1.807) is 20.8 Å². The molecule has 0 bridgehead atoms. The van der Waals surface area contributed by atoms with Crippen molar-refractivity contribution < 1.29 is 27.8 Å². The number of aliphatic hydroxyl groups is 1. The lowest BCUT2D eigenvalue weighted by Gasteiger charge is -2.37. The topological polar surface area (TPSA) is 89.3 Å². The Hall–Kier alpha value is -2.63. The monoisotopic (exact) mass is 510 g/mol. The molecular formula is C24H29F3N4O3S. The molecule has 0 radical (unpaired) electrons. The van der Waals surface area contributed by atoms with E-state index in [-0.39, 0.29) is 28.1 Å². The number of thioether (sulfide) groups is 1. The molecule has 1 saturated heterocycles. The molecule has 0 saturated carbocycles. The van der Waals surface area contributed by atoms with Gasteiger partial charge in [0.1, 0.15) is 22.8 Å². The number of aldehydes is 1. The molecule has 1 aliphatic rings. The standard InChI is InChI=1S/C19H18F3N3O3.C5H11NS/c1-10(19(2,3)27)25-15-6-11(9-26)8-23-17(15)16(24-25)13-7-12(28-18(21)22)4-5-14(13)20;1-5(6-2)3-7-4-5/h4-10,18,27H,1-3H3;6H,3-4H2,1-2H3/t10-;/m0./s1. The number of carbonyl (C=O) groups excluding carboxylic acids is 1. The van der Waals surface area contributed by atoms with Crippen LogP contribution in [0.2, 0.25) is 0 Å². The second kappa shape index (κ2) is 10.5. The van der Waals surface area contributed by atoms with Gasteiger partial charge in [0.25, 0.3) is 0 Å². The zero-order chi connectivity index (χ0) is 26.0. The van der Waals surface area contributed by atoms with E-state index in [9.17, 15) is 23.1 Å². The molecule has 11 heteroatoms. The van der Waals surface area contributed by atoms with E-state index < -0.39 is 24.1 Å². The van der Waals surface area contributed by atoms with Crippen LogP contribution < -0.4 is 10.1 Å². The van der Waals surface area contributed by atoms with Crippen LogP contribution in [0.4, 0.5) is 13.2 Å². The van der Waals surface area contributed by atoms with Gasteiger partial charge in [-0.1, -0.05) is 0 Å². The van der Waals surface area contributed by atoms with Gasteiger partial charge in [0, 0.05) is 34.4 Å². The summed E-state index contributed by atoms with van der Waals surface area (Å²) >= 11 is 2.01. The van der Waals surface area contributed by atoms with Crippen LogP contribution in [-0.2, 0) is 0 Å². The number of ether oxygens (including phenoxy) is 1. The van der Waals surface area contributed by atoms with Crippen LogP contribution in [0.25, 0.3) is 22.3 Å². The van der Waals surface area contributed by atoms with Crippen molar-refractivity contribution in [3.8, 4) is 17.0 Å². The molecule has 190 valence electrons. The molecule has 0 amide bonds. The summed E-state index contributed by atoms with van der Waals surface area (Å²) in [7, 11) is 2.03. The molecule has 1 atom stereocenters. The summed E-state index contributed by atoms with van der Waals surface area (Å²) < 4.78 is 45.3. The van der Waals surface area contributed by atoms with Gasteiger partial charge < -0.3 is 15.2 Å². The maximum Gasteiger partial charge on any atom is 0.387 e. The van der Waals surface area contributed by atoms with E-state index in [2.05, 4.69) is 27.1 Å². The number of fused-ring (bicyclic) bond motifs is 1. The minimum absolute atomic E-state index is 0.0840. The Balaban J connectivity index is 0.000000420. The number of benzene rings is 1.